The molecule has 1 atom stereocenters. The summed E-state index contributed by atoms with van der Waals surface area (Å²) in [7, 11) is -3.48. The first-order valence-electron chi connectivity index (χ1n) is 7.43. The molecule has 1 aliphatic rings. The molecular weight excluding hydrogens is 317 g/mol. The molecule has 4 nitrogen and oxygen atoms in total. The van der Waals surface area contributed by atoms with E-state index >= 15 is 0 Å². The van der Waals surface area contributed by atoms with Crippen LogP contribution in [0.3, 0.4) is 0 Å². The lowest BCUT2D eigenvalue weighted by molar-refractivity contribution is 0.0320. The summed E-state index contributed by atoms with van der Waals surface area (Å²) in [5.41, 5.74) is 1.49. The Labute approximate surface area is 135 Å². The Bertz CT molecular complexity index is 747. The zero-order chi connectivity index (χ0) is 16.3. The highest BCUT2D eigenvalue weighted by molar-refractivity contribution is 7.88. The first kappa shape index (κ1) is 16.1. The van der Waals surface area contributed by atoms with Crippen LogP contribution in [0, 0.1) is 5.82 Å². The average Bonchev–Trinajstić information content (AvgIpc) is 2.56. The van der Waals surface area contributed by atoms with Gasteiger partial charge in [-0.2, -0.15) is 4.31 Å². The van der Waals surface area contributed by atoms with Crippen molar-refractivity contribution in [2.45, 2.75) is 11.8 Å². The molecule has 1 fully saturated rings. The van der Waals surface area contributed by atoms with Gasteiger partial charge in [-0.05, 0) is 23.3 Å². The van der Waals surface area contributed by atoms with Crippen molar-refractivity contribution in [2.24, 2.45) is 0 Å². The predicted octanol–water partition coefficient (Wildman–Crippen LogP) is 2.73. The first-order valence-corrected chi connectivity index (χ1v) is 9.04. The van der Waals surface area contributed by atoms with Gasteiger partial charge >= 0.3 is 0 Å². The van der Waals surface area contributed by atoms with Crippen molar-refractivity contribution < 1.29 is 17.5 Å². The van der Waals surface area contributed by atoms with Gasteiger partial charge in [0, 0.05) is 6.54 Å². The van der Waals surface area contributed by atoms with Crippen LogP contribution < -0.4 is 0 Å². The van der Waals surface area contributed by atoms with Gasteiger partial charge in [-0.3, -0.25) is 0 Å². The van der Waals surface area contributed by atoms with Crippen molar-refractivity contribution >= 4 is 10.0 Å². The minimum absolute atomic E-state index is 0.0501. The molecule has 122 valence electrons. The van der Waals surface area contributed by atoms with Crippen LogP contribution in [0.15, 0.2) is 54.6 Å². The van der Waals surface area contributed by atoms with Crippen LogP contribution in [0.1, 0.15) is 17.2 Å². The van der Waals surface area contributed by atoms with Crippen LogP contribution in [0.25, 0.3) is 0 Å². The number of hydrogen-bond acceptors (Lipinski definition) is 3. The van der Waals surface area contributed by atoms with E-state index < -0.39 is 16.1 Å². The van der Waals surface area contributed by atoms with Crippen molar-refractivity contribution in [3.63, 3.8) is 0 Å². The van der Waals surface area contributed by atoms with Crippen molar-refractivity contribution in [2.75, 3.05) is 19.8 Å². The number of ether oxygens (including phenoxy) is 1. The molecule has 2 aromatic rings. The highest BCUT2D eigenvalue weighted by Gasteiger charge is 2.33. The first-order chi connectivity index (χ1) is 11.1. The quantitative estimate of drug-likeness (QED) is 0.863. The maximum Gasteiger partial charge on any atom is 0.219 e. The highest BCUT2D eigenvalue weighted by Crippen LogP contribution is 2.28. The maximum atomic E-state index is 13.1. The van der Waals surface area contributed by atoms with E-state index in [1.807, 2.05) is 18.2 Å². The third kappa shape index (κ3) is 3.77. The third-order valence-corrected chi connectivity index (χ3v) is 5.73. The van der Waals surface area contributed by atoms with E-state index in [2.05, 4.69) is 0 Å². The number of rotatable bonds is 4. The maximum absolute atomic E-state index is 13.1. The molecule has 0 saturated carbocycles. The molecule has 0 amide bonds. The predicted molar refractivity (Wildman–Crippen MR) is 85.7 cm³/mol. The molecule has 0 spiro atoms. The zero-order valence-corrected chi connectivity index (χ0v) is 13.4. The van der Waals surface area contributed by atoms with Gasteiger partial charge in [-0.15, -0.1) is 0 Å². The molecule has 2 aromatic carbocycles. The second-order valence-electron chi connectivity index (χ2n) is 5.49. The van der Waals surface area contributed by atoms with E-state index in [0.29, 0.717) is 13.2 Å². The lowest BCUT2D eigenvalue weighted by atomic mass is 10.1. The largest absolute Gasteiger partial charge is 0.378 e. The van der Waals surface area contributed by atoms with Crippen LogP contribution in [0.5, 0.6) is 0 Å². The molecule has 0 radical (unpaired) electrons. The molecule has 3 rings (SSSR count). The van der Waals surface area contributed by atoms with Gasteiger partial charge in [0.2, 0.25) is 10.0 Å². The van der Waals surface area contributed by atoms with Crippen LogP contribution in [0.4, 0.5) is 4.39 Å². The molecule has 1 aliphatic heterocycles. The number of benzene rings is 2. The van der Waals surface area contributed by atoms with Crippen molar-refractivity contribution in [3.05, 3.63) is 71.5 Å². The summed E-state index contributed by atoms with van der Waals surface area (Å²) < 4.78 is 45.6. The Morgan fingerprint density at radius 3 is 2.48 bits per heavy atom. The average molecular weight is 335 g/mol. The van der Waals surface area contributed by atoms with Gasteiger partial charge < -0.3 is 4.74 Å². The van der Waals surface area contributed by atoms with E-state index in [4.69, 9.17) is 4.74 Å². The Morgan fingerprint density at radius 2 is 1.78 bits per heavy atom. The van der Waals surface area contributed by atoms with Crippen molar-refractivity contribution in [1.29, 1.82) is 0 Å². The van der Waals surface area contributed by atoms with Crippen molar-refractivity contribution in [3.8, 4) is 0 Å². The number of nitrogens with zero attached hydrogens (tertiary/aromatic N) is 1. The van der Waals surface area contributed by atoms with Gasteiger partial charge in [-0.25, -0.2) is 12.8 Å². The fourth-order valence-corrected chi connectivity index (χ4v) is 4.44. The van der Waals surface area contributed by atoms with Crippen molar-refractivity contribution in [1.82, 2.24) is 4.31 Å². The minimum atomic E-state index is -3.48. The van der Waals surface area contributed by atoms with Crippen LogP contribution in [0.2, 0.25) is 0 Å². The van der Waals surface area contributed by atoms with Crippen LogP contribution >= 0.6 is 0 Å². The number of sulfonamides is 1. The molecule has 0 N–H and O–H groups in total. The van der Waals surface area contributed by atoms with Gasteiger partial charge in [0.1, 0.15) is 5.82 Å². The summed E-state index contributed by atoms with van der Waals surface area (Å²) in [5, 5.41) is 0. The van der Waals surface area contributed by atoms with Gasteiger partial charge in [-0.1, -0.05) is 42.5 Å². The smallest absolute Gasteiger partial charge is 0.219 e. The van der Waals surface area contributed by atoms with E-state index in [1.54, 1.807) is 24.3 Å². The lowest BCUT2D eigenvalue weighted by Gasteiger charge is -2.35. The topological polar surface area (TPSA) is 46.6 Å². The monoisotopic (exact) mass is 335 g/mol. The number of morpholine rings is 1. The molecular formula is C17H18FNO3S. The van der Waals surface area contributed by atoms with Crippen LogP contribution in [-0.2, 0) is 20.5 Å². The minimum Gasteiger partial charge on any atom is -0.378 e. The molecule has 23 heavy (non-hydrogen) atoms. The Balaban J connectivity index is 1.87. The summed E-state index contributed by atoms with van der Waals surface area (Å²) in [5.74, 6) is -0.393. The number of hydrogen-bond donors (Lipinski definition) is 0. The normalized spacial score (nSPS) is 19.6. The standard InChI is InChI=1S/C17H18FNO3S/c18-16-8-6-15(7-9-16)17-12-22-11-10-19(17)23(20,21)13-14-4-2-1-3-5-14/h1-9,17H,10-13H2. The Morgan fingerprint density at radius 1 is 1.09 bits per heavy atom. The van der Waals surface area contributed by atoms with E-state index in [0.717, 1.165) is 11.1 Å². The van der Waals surface area contributed by atoms with E-state index in [-0.39, 0.29) is 18.2 Å². The summed E-state index contributed by atoms with van der Waals surface area (Å²) in [4.78, 5) is 0. The second kappa shape index (κ2) is 6.78. The molecule has 1 saturated heterocycles. The highest BCUT2D eigenvalue weighted by atomic mass is 32.2. The summed E-state index contributed by atoms with van der Waals surface area (Å²) in [6.45, 7) is 0.947. The molecule has 1 heterocycles. The second-order valence-corrected chi connectivity index (χ2v) is 7.42. The van der Waals surface area contributed by atoms with Gasteiger partial charge in [0.05, 0.1) is 25.0 Å². The molecule has 0 aliphatic carbocycles. The number of halogens is 1. The van der Waals surface area contributed by atoms with E-state index in [9.17, 15) is 12.8 Å². The third-order valence-electron chi connectivity index (χ3n) is 3.88. The fourth-order valence-electron chi connectivity index (χ4n) is 2.74. The van der Waals surface area contributed by atoms with E-state index in [1.165, 1.54) is 16.4 Å². The fraction of sp³-hybridized carbons (Fsp3) is 0.294. The summed E-state index contributed by atoms with van der Waals surface area (Å²) >= 11 is 0. The molecule has 6 heteroatoms. The van der Waals surface area contributed by atoms with Gasteiger partial charge in [0.25, 0.3) is 0 Å². The lowest BCUT2D eigenvalue weighted by Crippen LogP contribution is -2.43. The zero-order valence-electron chi connectivity index (χ0n) is 12.6. The Kier molecular flexibility index (Phi) is 4.75. The van der Waals surface area contributed by atoms with Gasteiger partial charge in [0.15, 0.2) is 0 Å². The Hall–Kier alpha value is -1.76. The van der Waals surface area contributed by atoms with Crippen LogP contribution in [-0.4, -0.2) is 32.5 Å². The summed E-state index contributed by atoms with van der Waals surface area (Å²) in [6.07, 6.45) is 0. The molecule has 1 unspecified atom stereocenters. The SMILES string of the molecule is O=S(=O)(Cc1ccccc1)N1CCOCC1c1ccc(F)cc1. The molecule has 0 aromatic heterocycles. The molecule has 0 bridgehead atoms. The summed E-state index contributed by atoms with van der Waals surface area (Å²) in [6, 6.07) is 14.6.